The van der Waals surface area contributed by atoms with E-state index in [0.29, 0.717) is 0 Å². The van der Waals surface area contributed by atoms with Gasteiger partial charge >= 0.3 is 21.7 Å². The van der Waals surface area contributed by atoms with Crippen LogP contribution in [-0.2, 0) is 39.0 Å². The number of benzene rings is 4. The van der Waals surface area contributed by atoms with Crippen molar-refractivity contribution in [2.75, 3.05) is 0 Å². The Morgan fingerprint density at radius 3 is 1.38 bits per heavy atom. The van der Waals surface area contributed by atoms with Crippen LogP contribution in [0.25, 0.3) is 0 Å². The summed E-state index contributed by atoms with van der Waals surface area (Å²) in [7, 11) is -2.79. The molecule has 0 bridgehead atoms. The Kier molecular flexibility index (Phi) is 15.4. The first-order valence-corrected chi connectivity index (χ1v) is 17.9. The molecular formula is C42H49Cl3SiTi. The molecule has 246 valence electrons. The Morgan fingerprint density at radius 1 is 0.574 bits per heavy atom. The molecule has 1 aliphatic rings. The summed E-state index contributed by atoms with van der Waals surface area (Å²) < 4.78 is 0. The fraction of sp³-hybridized carbons (Fsp3) is 0.333. The van der Waals surface area contributed by atoms with Crippen molar-refractivity contribution in [2.24, 2.45) is 0 Å². The van der Waals surface area contributed by atoms with E-state index in [1.54, 1.807) is 0 Å². The monoisotopic (exact) mass is 734 g/mol. The zero-order chi connectivity index (χ0) is 31.2. The molecule has 0 nitrogen and oxygen atoms in total. The van der Waals surface area contributed by atoms with Crippen molar-refractivity contribution in [3.63, 3.8) is 0 Å². The molecule has 47 heavy (non-hydrogen) atoms. The molecule has 5 rings (SSSR count). The third kappa shape index (κ3) is 9.24. The van der Waals surface area contributed by atoms with Gasteiger partial charge in [0.25, 0.3) is 0 Å². The summed E-state index contributed by atoms with van der Waals surface area (Å²) >= 11 is 0. The zero-order valence-corrected chi connectivity index (χ0v) is 34.5. The molecule has 0 amide bonds. The van der Waals surface area contributed by atoms with Gasteiger partial charge in [-0.25, -0.2) is 5.57 Å². The van der Waals surface area contributed by atoms with Crippen LogP contribution < -0.4 is 52.8 Å². The van der Waals surface area contributed by atoms with Crippen molar-refractivity contribution in [3.8, 4) is 0 Å². The van der Waals surface area contributed by atoms with Crippen LogP contribution in [0.4, 0.5) is 0 Å². The minimum atomic E-state index is -2.79. The third-order valence-electron chi connectivity index (χ3n) is 8.98. The van der Waals surface area contributed by atoms with Crippen molar-refractivity contribution < 1.29 is 58.9 Å². The van der Waals surface area contributed by atoms with Crippen LogP contribution in [0.5, 0.6) is 0 Å². The minimum absolute atomic E-state index is 0. The summed E-state index contributed by atoms with van der Waals surface area (Å²) in [4.78, 5) is 0. The molecule has 0 spiro atoms. The van der Waals surface area contributed by atoms with Crippen molar-refractivity contribution in [1.82, 2.24) is 0 Å². The number of aryl methyl sites for hydroxylation is 4. The Hall–Kier alpha value is -1.84. The van der Waals surface area contributed by atoms with Crippen molar-refractivity contribution in [2.45, 2.75) is 92.9 Å². The summed E-state index contributed by atoms with van der Waals surface area (Å²) in [6.45, 7) is 23.2. The van der Waals surface area contributed by atoms with Gasteiger partial charge in [0.15, 0.2) is 0 Å². The normalized spacial score (nSPS) is 12.9. The summed E-state index contributed by atoms with van der Waals surface area (Å²) in [6.07, 6.45) is 8.18. The molecule has 0 N–H and O–H groups in total. The fourth-order valence-electron chi connectivity index (χ4n) is 6.89. The van der Waals surface area contributed by atoms with Crippen LogP contribution in [0.15, 0.2) is 102 Å². The number of rotatable bonds is 6. The summed E-state index contributed by atoms with van der Waals surface area (Å²) in [5.41, 5.74) is 10.9. The topological polar surface area (TPSA) is 0 Å². The van der Waals surface area contributed by atoms with E-state index in [4.69, 9.17) is 0 Å². The second-order valence-electron chi connectivity index (χ2n) is 14.9. The van der Waals surface area contributed by atoms with E-state index >= 15 is 0 Å². The van der Waals surface area contributed by atoms with Gasteiger partial charge in [-0.1, -0.05) is 164 Å². The molecule has 4 aromatic rings. The van der Waals surface area contributed by atoms with Crippen LogP contribution in [0, 0.1) is 33.8 Å². The van der Waals surface area contributed by atoms with E-state index in [9.17, 15) is 0 Å². The Balaban J connectivity index is 0.00000276. The second-order valence-corrected chi connectivity index (χ2v) is 18.7. The van der Waals surface area contributed by atoms with Crippen LogP contribution in [0.2, 0.25) is 0 Å². The van der Waals surface area contributed by atoms with Gasteiger partial charge in [-0.05, 0) is 61.6 Å². The molecule has 0 atom stereocenters. The molecule has 0 heterocycles. The van der Waals surface area contributed by atoms with Gasteiger partial charge in [-0.15, -0.1) is 6.42 Å². The van der Waals surface area contributed by atoms with E-state index in [0.717, 1.165) is 12.8 Å². The second kappa shape index (κ2) is 16.7. The quantitative estimate of drug-likeness (QED) is 0.147. The molecule has 4 aromatic carbocycles. The molecule has 0 unspecified atom stereocenters. The molecule has 0 saturated carbocycles. The summed E-state index contributed by atoms with van der Waals surface area (Å²) in [6, 6.07) is 33.2. The largest absolute Gasteiger partial charge is 4.00 e. The standard InChI is InChI=1S/C42H49Si.3ClH.Ti/c1-29-19-30(2)22-37(21-29)43(38-23-31(3)20-32(4)24-38,40-18-14-17-34(40)25-33-15-12-11-13-16-33)39-27-35(41(5,6)7)26-36(28-39)42(8,9)10;;;;/h11-13,15-16,18-24,26-28H,14,25H2,1-10H3;3*1H;/q-1;;;;+4/p-3. The SMILES string of the molecule is Cc1cc(C)cc([Si](C2=CC[C-]=C2Cc2ccccc2)(c2cc(C)cc(C)c2)c2cc(C(C)(C)C)cc(C(C)(C)C)c2)c1.[Cl-].[Cl-].[Cl-].[Ti+4]. The van der Waals surface area contributed by atoms with E-state index in [2.05, 4.69) is 166 Å². The zero-order valence-electron chi connectivity index (χ0n) is 29.7. The maximum absolute atomic E-state index is 3.88. The maximum Gasteiger partial charge on any atom is 4.00 e. The van der Waals surface area contributed by atoms with E-state index < -0.39 is 8.07 Å². The first-order valence-electron chi connectivity index (χ1n) is 15.9. The van der Waals surface area contributed by atoms with Gasteiger partial charge in [0, 0.05) is 0 Å². The molecule has 0 fully saturated rings. The number of allylic oxidation sites excluding steroid dienone is 4. The van der Waals surface area contributed by atoms with Crippen molar-refractivity contribution in [3.05, 3.63) is 147 Å². The number of hydrogen-bond donors (Lipinski definition) is 0. The summed E-state index contributed by atoms with van der Waals surface area (Å²) in [5, 5.41) is 5.94. The van der Waals surface area contributed by atoms with E-state index in [-0.39, 0.29) is 69.8 Å². The van der Waals surface area contributed by atoms with Gasteiger partial charge in [0.2, 0.25) is 0 Å². The van der Waals surface area contributed by atoms with Crippen LogP contribution in [0.3, 0.4) is 0 Å². The van der Waals surface area contributed by atoms with Crippen molar-refractivity contribution in [1.29, 1.82) is 0 Å². The predicted molar refractivity (Wildman–Crippen MR) is 190 cm³/mol. The molecular weight excluding hydrogens is 687 g/mol. The first-order chi connectivity index (χ1) is 20.2. The van der Waals surface area contributed by atoms with E-state index in [1.165, 1.54) is 65.3 Å². The fourth-order valence-corrected chi connectivity index (χ4v) is 12.4. The van der Waals surface area contributed by atoms with Gasteiger partial charge in [-0.2, -0.15) is 11.3 Å². The number of halogens is 3. The van der Waals surface area contributed by atoms with Gasteiger partial charge in [-0.3, -0.25) is 6.08 Å². The Morgan fingerprint density at radius 2 is 0.979 bits per heavy atom. The maximum atomic E-state index is 3.88. The predicted octanol–water partition coefficient (Wildman–Crippen LogP) is -0.163. The molecule has 0 saturated heterocycles. The molecule has 0 radical (unpaired) electrons. The van der Waals surface area contributed by atoms with Gasteiger partial charge < -0.3 is 37.2 Å². The van der Waals surface area contributed by atoms with Crippen molar-refractivity contribution >= 4 is 23.6 Å². The minimum Gasteiger partial charge on any atom is -1.00 e. The molecule has 1 aliphatic carbocycles. The Bertz CT molecular complexity index is 1600. The first kappa shape index (κ1) is 43.2. The average Bonchev–Trinajstić information content (AvgIpc) is 3.36. The average molecular weight is 736 g/mol. The molecule has 0 aliphatic heterocycles. The third-order valence-corrected chi connectivity index (χ3v) is 13.8. The number of hydrogen-bond acceptors (Lipinski definition) is 0. The van der Waals surface area contributed by atoms with Gasteiger partial charge in [0.05, 0.1) is 8.07 Å². The molecule has 5 heteroatoms. The van der Waals surface area contributed by atoms with Crippen LogP contribution in [-0.4, -0.2) is 8.07 Å². The Labute approximate surface area is 320 Å². The van der Waals surface area contributed by atoms with Crippen LogP contribution in [0.1, 0.15) is 86.9 Å². The van der Waals surface area contributed by atoms with Gasteiger partial charge in [0.1, 0.15) is 0 Å². The smallest absolute Gasteiger partial charge is 1.00 e. The summed E-state index contributed by atoms with van der Waals surface area (Å²) in [5.74, 6) is 0. The van der Waals surface area contributed by atoms with E-state index in [1.807, 2.05) is 0 Å². The molecule has 0 aromatic heterocycles. The van der Waals surface area contributed by atoms with Crippen LogP contribution >= 0.6 is 0 Å².